The molecule has 1 heterocycles. The van der Waals surface area contributed by atoms with Crippen LogP contribution in [0.15, 0.2) is 40.8 Å². The summed E-state index contributed by atoms with van der Waals surface area (Å²) in [6, 6.07) is 10.2. The average molecular weight is 251 g/mol. The van der Waals surface area contributed by atoms with Crippen LogP contribution in [0.1, 0.15) is 16.3 Å². The molecule has 2 rings (SSSR count). The summed E-state index contributed by atoms with van der Waals surface area (Å²) < 4.78 is 5.23. The molecule has 3 N–H and O–H groups in total. The number of nitrogens with one attached hydrogen (secondary N) is 1. The molecule has 17 heavy (non-hydrogen) atoms. The van der Waals surface area contributed by atoms with Crippen LogP contribution < -0.4 is 11.1 Å². The van der Waals surface area contributed by atoms with Gasteiger partial charge < -0.3 is 15.5 Å². The van der Waals surface area contributed by atoms with Crippen molar-refractivity contribution in [3.63, 3.8) is 0 Å². The number of rotatable bonds is 3. The lowest BCUT2D eigenvalue weighted by atomic mass is 10.3. The first-order valence-corrected chi connectivity index (χ1v) is 5.42. The summed E-state index contributed by atoms with van der Waals surface area (Å²) in [5, 5.41) is 3.24. The van der Waals surface area contributed by atoms with Gasteiger partial charge in [0.15, 0.2) is 5.76 Å². The lowest BCUT2D eigenvalue weighted by Gasteiger charge is -2.03. The molecule has 0 spiro atoms. The molecule has 0 atom stereocenters. The highest BCUT2D eigenvalue weighted by Crippen LogP contribution is 2.16. The minimum absolute atomic E-state index is 0.227. The summed E-state index contributed by atoms with van der Waals surface area (Å²) in [4.78, 5) is 11.8. The van der Waals surface area contributed by atoms with E-state index in [1.54, 1.807) is 36.4 Å². The van der Waals surface area contributed by atoms with Gasteiger partial charge in [0, 0.05) is 10.7 Å². The average Bonchev–Trinajstić information content (AvgIpc) is 2.77. The van der Waals surface area contributed by atoms with Gasteiger partial charge in [0.2, 0.25) is 0 Å². The van der Waals surface area contributed by atoms with E-state index in [-0.39, 0.29) is 18.2 Å². The number of carbonyl (C=O) groups excluding carboxylic acids is 1. The van der Waals surface area contributed by atoms with Gasteiger partial charge >= 0.3 is 0 Å². The van der Waals surface area contributed by atoms with E-state index in [4.69, 9.17) is 21.8 Å². The van der Waals surface area contributed by atoms with Gasteiger partial charge in [-0.3, -0.25) is 4.79 Å². The van der Waals surface area contributed by atoms with Gasteiger partial charge in [0.1, 0.15) is 5.76 Å². The van der Waals surface area contributed by atoms with E-state index in [9.17, 15) is 4.79 Å². The number of benzene rings is 1. The maximum Gasteiger partial charge on any atom is 0.291 e. The fourth-order valence-corrected chi connectivity index (χ4v) is 1.56. The van der Waals surface area contributed by atoms with E-state index in [1.165, 1.54) is 0 Å². The van der Waals surface area contributed by atoms with Gasteiger partial charge in [-0.05, 0) is 30.3 Å². The number of furan rings is 1. The van der Waals surface area contributed by atoms with Crippen molar-refractivity contribution in [1.82, 2.24) is 0 Å². The van der Waals surface area contributed by atoms with Crippen LogP contribution in [0.25, 0.3) is 0 Å². The highest BCUT2D eigenvalue weighted by atomic mass is 35.5. The molecule has 1 amide bonds. The zero-order valence-electron chi connectivity index (χ0n) is 8.94. The van der Waals surface area contributed by atoms with Crippen LogP contribution in [0.2, 0.25) is 5.02 Å². The smallest absolute Gasteiger partial charge is 0.291 e. The van der Waals surface area contributed by atoms with E-state index in [1.807, 2.05) is 0 Å². The van der Waals surface area contributed by atoms with Crippen molar-refractivity contribution in [3.05, 3.63) is 52.9 Å². The second kappa shape index (κ2) is 5.03. The fourth-order valence-electron chi connectivity index (χ4n) is 1.37. The molecule has 88 valence electrons. The van der Waals surface area contributed by atoms with E-state index in [2.05, 4.69) is 5.32 Å². The molecule has 5 heteroatoms. The second-order valence-electron chi connectivity index (χ2n) is 3.43. The number of anilines is 1. The number of halogens is 1. The Morgan fingerprint density at radius 2 is 2.18 bits per heavy atom. The molecule has 4 nitrogen and oxygen atoms in total. The number of hydrogen-bond donors (Lipinski definition) is 2. The van der Waals surface area contributed by atoms with Crippen LogP contribution in [0.3, 0.4) is 0 Å². The zero-order valence-corrected chi connectivity index (χ0v) is 9.70. The third kappa shape index (κ3) is 2.87. The second-order valence-corrected chi connectivity index (χ2v) is 3.87. The minimum atomic E-state index is -0.327. The van der Waals surface area contributed by atoms with Crippen LogP contribution in [0.4, 0.5) is 5.69 Å². The number of amides is 1. The molecule has 0 aliphatic rings. The van der Waals surface area contributed by atoms with Gasteiger partial charge in [0.25, 0.3) is 5.91 Å². The Morgan fingerprint density at radius 1 is 1.35 bits per heavy atom. The topological polar surface area (TPSA) is 68.3 Å². The molecular weight excluding hydrogens is 240 g/mol. The first-order valence-electron chi connectivity index (χ1n) is 5.05. The van der Waals surface area contributed by atoms with Crippen molar-refractivity contribution in [2.24, 2.45) is 5.73 Å². The maximum atomic E-state index is 11.8. The van der Waals surface area contributed by atoms with Crippen LogP contribution in [-0.2, 0) is 6.54 Å². The van der Waals surface area contributed by atoms with Crippen molar-refractivity contribution < 1.29 is 9.21 Å². The largest absolute Gasteiger partial charge is 0.455 e. The lowest BCUT2D eigenvalue weighted by molar-refractivity contribution is 0.0995. The highest BCUT2D eigenvalue weighted by Gasteiger charge is 2.10. The predicted molar refractivity (Wildman–Crippen MR) is 66.0 cm³/mol. The molecule has 1 aromatic carbocycles. The van der Waals surface area contributed by atoms with Crippen LogP contribution in [-0.4, -0.2) is 5.91 Å². The Labute approximate surface area is 103 Å². The van der Waals surface area contributed by atoms with E-state index in [0.29, 0.717) is 16.5 Å². The molecule has 1 aromatic heterocycles. The molecule has 0 fully saturated rings. The lowest BCUT2D eigenvalue weighted by Crippen LogP contribution is -2.10. The zero-order chi connectivity index (χ0) is 12.3. The monoisotopic (exact) mass is 250 g/mol. The Bertz CT molecular complexity index is 537. The highest BCUT2D eigenvalue weighted by molar-refractivity contribution is 6.30. The van der Waals surface area contributed by atoms with Gasteiger partial charge in [-0.1, -0.05) is 17.7 Å². The summed E-state index contributed by atoms with van der Waals surface area (Å²) in [5.41, 5.74) is 6.01. The van der Waals surface area contributed by atoms with Crippen molar-refractivity contribution in [1.29, 1.82) is 0 Å². The van der Waals surface area contributed by atoms with Crippen molar-refractivity contribution >= 4 is 23.2 Å². The van der Waals surface area contributed by atoms with Crippen LogP contribution in [0.5, 0.6) is 0 Å². The molecule has 0 bridgehead atoms. The van der Waals surface area contributed by atoms with E-state index < -0.39 is 0 Å². The Balaban J connectivity index is 2.11. The van der Waals surface area contributed by atoms with Crippen molar-refractivity contribution in [2.75, 3.05) is 5.32 Å². The Hall–Kier alpha value is -1.78. The summed E-state index contributed by atoms with van der Waals surface area (Å²) in [6.45, 7) is 0.268. The Morgan fingerprint density at radius 3 is 2.82 bits per heavy atom. The first kappa shape index (κ1) is 11.7. The molecule has 0 aliphatic carbocycles. The van der Waals surface area contributed by atoms with Crippen LogP contribution >= 0.6 is 11.6 Å². The SMILES string of the molecule is NCc1ccc(C(=O)Nc2cccc(Cl)c2)o1. The van der Waals surface area contributed by atoms with Gasteiger partial charge in [0.05, 0.1) is 6.54 Å². The van der Waals surface area contributed by atoms with Crippen molar-refractivity contribution in [2.45, 2.75) is 6.54 Å². The third-order valence-electron chi connectivity index (χ3n) is 2.17. The molecular formula is C12H11ClN2O2. The fraction of sp³-hybridized carbons (Fsp3) is 0.0833. The molecule has 2 aromatic rings. The number of carbonyl (C=O) groups is 1. The summed E-state index contributed by atoms with van der Waals surface area (Å²) >= 11 is 5.81. The Kier molecular flexibility index (Phi) is 3.46. The molecule has 0 aliphatic heterocycles. The quantitative estimate of drug-likeness (QED) is 0.880. The van der Waals surface area contributed by atoms with Gasteiger partial charge in [-0.15, -0.1) is 0 Å². The van der Waals surface area contributed by atoms with Gasteiger partial charge in [-0.25, -0.2) is 0 Å². The number of nitrogens with two attached hydrogens (primary N) is 1. The standard InChI is InChI=1S/C12H11ClN2O2/c13-8-2-1-3-9(6-8)15-12(16)11-5-4-10(7-14)17-11/h1-6H,7,14H2,(H,15,16). The predicted octanol–water partition coefficient (Wildman–Crippen LogP) is 2.64. The first-order chi connectivity index (χ1) is 8.19. The molecule has 0 saturated carbocycles. The van der Waals surface area contributed by atoms with E-state index >= 15 is 0 Å². The number of hydrogen-bond acceptors (Lipinski definition) is 3. The van der Waals surface area contributed by atoms with Crippen molar-refractivity contribution in [3.8, 4) is 0 Å². The molecule has 0 radical (unpaired) electrons. The minimum Gasteiger partial charge on any atom is -0.455 e. The third-order valence-corrected chi connectivity index (χ3v) is 2.40. The summed E-state index contributed by atoms with van der Waals surface area (Å²) in [5.74, 6) is 0.471. The molecule has 0 saturated heterocycles. The normalized spacial score (nSPS) is 10.2. The van der Waals surface area contributed by atoms with Gasteiger partial charge in [-0.2, -0.15) is 0 Å². The molecule has 0 unspecified atom stereocenters. The summed E-state index contributed by atoms with van der Waals surface area (Å²) in [7, 11) is 0. The maximum absolute atomic E-state index is 11.8. The van der Waals surface area contributed by atoms with Crippen LogP contribution in [0, 0.1) is 0 Å². The van der Waals surface area contributed by atoms with E-state index in [0.717, 1.165) is 0 Å². The summed E-state index contributed by atoms with van der Waals surface area (Å²) in [6.07, 6.45) is 0.